The van der Waals surface area contributed by atoms with Gasteiger partial charge in [0.15, 0.2) is 5.69 Å². The fourth-order valence-electron chi connectivity index (χ4n) is 3.30. The second-order valence-electron chi connectivity index (χ2n) is 6.57. The van der Waals surface area contributed by atoms with E-state index in [1.165, 1.54) is 0 Å². The minimum atomic E-state index is -0.322. The monoisotopic (exact) mass is 369 g/mol. The maximum absolute atomic E-state index is 13.0. The molecule has 0 saturated heterocycles. The Morgan fingerprint density at radius 2 is 1.46 bits per heavy atom. The quantitative estimate of drug-likeness (QED) is 0.564. The summed E-state index contributed by atoms with van der Waals surface area (Å²) in [6.07, 6.45) is 0.651. The average Bonchev–Trinajstić information content (AvgIpc) is 2.75. The Morgan fingerprint density at radius 1 is 0.857 bits per heavy atom. The molecule has 4 aromatic rings. The van der Waals surface area contributed by atoms with Crippen LogP contribution in [0.1, 0.15) is 27.7 Å². The van der Waals surface area contributed by atoms with Gasteiger partial charge in [0.2, 0.25) is 0 Å². The molecule has 1 amide bonds. The summed E-state index contributed by atoms with van der Waals surface area (Å²) >= 11 is 0. The van der Waals surface area contributed by atoms with Crippen LogP contribution in [0.5, 0.6) is 0 Å². The number of amides is 1. The van der Waals surface area contributed by atoms with E-state index in [0.717, 1.165) is 11.1 Å². The van der Waals surface area contributed by atoms with Gasteiger partial charge < -0.3 is 5.32 Å². The Morgan fingerprint density at radius 3 is 2.18 bits per heavy atom. The molecule has 0 saturated carbocycles. The van der Waals surface area contributed by atoms with Crippen molar-refractivity contribution in [1.82, 2.24) is 15.5 Å². The normalized spacial score (nSPS) is 11.9. The number of H-pyrrole nitrogens is 1. The number of benzene rings is 3. The number of aromatic nitrogens is 2. The second kappa shape index (κ2) is 7.88. The Balaban J connectivity index is 1.68. The minimum Gasteiger partial charge on any atom is -0.343 e. The Bertz CT molecular complexity index is 1150. The van der Waals surface area contributed by atoms with Crippen molar-refractivity contribution in [3.8, 4) is 0 Å². The van der Waals surface area contributed by atoms with Crippen molar-refractivity contribution in [2.75, 3.05) is 0 Å². The zero-order valence-corrected chi connectivity index (χ0v) is 15.1. The smallest absolute Gasteiger partial charge is 0.272 e. The fraction of sp³-hybridized carbons (Fsp3) is 0.0870. The highest BCUT2D eigenvalue weighted by Crippen LogP contribution is 2.20. The van der Waals surface area contributed by atoms with Crippen molar-refractivity contribution in [1.29, 1.82) is 0 Å². The van der Waals surface area contributed by atoms with Gasteiger partial charge in [-0.3, -0.25) is 9.59 Å². The number of nitrogens with zero attached hydrogens (tertiary/aromatic N) is 1. The molecule has 0 aliphatic heterocycles. The molecule has 0 radical (unpaired) electrons. The molecule has 5 nitrogen and oxygen atoms in total. The molecule has 138 valence electrons. The molecule has 0 aliphatic rings. The van der Waals surface area contributed by atoms with Gasteiger partial charge in [0.1, 0.15) is 0 Å². The van der Waals surface area contributed by atoms with Crippen molar-refractivity contribution in [2.45, 2.75) is 12.5 Å². The third-order valence-corrected chi connectivity index (χ3v) is 4.70. The summed E-state index contributed by atoms with van der Waals surface area (Å²) in [6.45, 7) is 0. The van der Waals surface area contributed by atoms with Crippen LogP contribution in [-0.2, 0) is 6.42 Å². The van der Waals surface area contributed by atoms with E-state index in [2.05, 4.69) is 15.5 Å². The first kappa shape index (κ1) is 17.7. The summed E-state index contributed by atoms with van der Waals surface area (Å²) in [5.41, 5.74) is 2.03. The van der Waals surface area contributed by atoms with Gasteiger partial charge in [-0.2, -0.15) is 5.10 Å². The van der Waals surface area contributed by atoms with Crippen LogP contribution in [0.25, 0.3) is 10.8 Å². The van der Waals surface area contributed by atoms with Gasteiger partial charge in [-0.1, -0.05) is 78.9 Å². The van der Waals surface area contributed by atoms with Gasteiger partial charge in [0.25, 0.3) is 11.5 Å². The van der Waals surface area contributed by atoms with Crippen LogP contribution in [0.4, 0.5) is 0 Å². The van der Waals surface area contributed by atoms with Gasteiger partial charge in [-0.15, -0.1) is 0 Å². The summed E-state index contributed by atoms with van der Waals surface area (Å²) in [6, 6.07) is 26.6. The molecular formula is C23H19N3O2. The molecule has 28 heavy (non-hydrogen) atoms. The first-order chi connectivity index (χ1) is 13.7. The molecule has 0 bridgehead atoms. The van der Waals surface area contributed by atoms with Crippen LogP contribution in [0.15, 0.2) is 89.7 Å². The first-order valence-corrected chi connectivity index (χ1v) is 9.09. The van der Waals surface area contributed by atoms with Crippen LogP contribution >= 0.6 is 0 Å². The maximum atomic E-state index is 13.0. The molecule has 1 atom stereocenters. The van der Waals surface area contributed by atoms with Gasteiger partial charge in [-0.05, 0) is 23.6 Å². The zero-order chi connectivity index (χ0) is 19.3. The van der Waals surface area contributed by atoms with Crippen molar-refractivity contribution in [2.24, 2.45) is 0 Å². The largest absolute Gasteiger partial charge is 0.343 e. The van der Waals surface area contributed by atoms with Crippen LogP contribution in [-0.4, -0.2) is 16.1 Å². The lowest BCUT2D eigenvalue weighted by atomic mass is 9.98. The maximum Gasteiger partial charge on any atom is 0.272 e. The predicted octanol–water partition coefficient (Wildman–Crippen LogP) is 3.64. The lowest BCUT2D eigenvalue weighted by molar-refractivity contribution is 0.0932. The van der Waals surface area contributed by atoms with Gasteiger partial charge in [-0.25, -0.2) is 5.10 Å². The van der Waals surface area contributed by atoms with E-state index in [-0.39, 0.29) is 23.2 Å². The standard InChI is InChI=1S/C23H19N3O2/c27-22-19-14-8-7-13-18(19)21(25-26-22)23(28)24-20(17-11-5-2-6-12-17)15-16-9-3-1-4-10-16/h1-14,20H,15H2,(H,24,28)(H,26,27)/t20-/m1/s1. The number of hydrogen-bond acceptors (Lipinski definition) is 3. The number of rotatable bonds is 5. The third-order valence-electron chi connectivity index (χ3n) is 4.70. The Labute approximate surface area is 162 Å². The van der Waals surface area contributed by atoms with Crippen molar-refractivity contribution in [3.63, 3.8) is 0 Å². The molecule has 1 aromatic heterocycles. The number of fused-ring (bicyclic) bond motifs is 1. The molecular weight excluding hydrogens is 350 g/mol. The number of carbonyl (C=O) groups excluding carboxylic acids is 1. The fourth-order valence-corrected chi connectivity index (χ4v) is 3.30. The summed E-state index contributed by atoms with van der Waals surface area (Å²) in [4.78, 5) is 25.0. The summed E-state index contributed by atoms with van der Waals surface area (Å²) in [5.74, 6) is -0.322. The van der Waals surface area contributed by atoms with Gasteiger partial charge in [0.05, 0.1) is 11.4 Å². The lowest BCUT2D eigenvalue weighted by Gasteiger charge is -2.19. The van der Waals surface area contributed by atoms with E-state index in [9.17, 15) is 9.59 Å². The average molecular weight is 369 g/mol. The van der Waals surface area contributed by atoms with E-state index in [4.69, 9.17) is 0 Å². The third kappa shape index (κ3) is 3.69. The topological polar surface area (TPSA) is 74.8 Å². The lowest BCUT2D eigenvalue weighted by Crippen LogP contribution is -2.31. The van der Waals surface area contributed by atoms with Crippen LogP contribution in [0.3, 0.4) is 0 Å². The van der Waals surface area contributed by atoms with Crippen molar-refractivity contribution >= 4 is 16.7 Å². The van der Waals surface area contributed by atoms with Crippen LogP contribution in [0, 0.1) is 0 Å². The molecule has 0 spiro atoms. The number of aromatic amines is 1. The van der Waals surface area contributed by atoms with Crippen LogP contribution in [0.2, 0.25) is 0 Å². The van der Waals surface area contributed by atoms with E-state index in [1.54, 1.807) is 24.3 Å². The Hall–Kier alpha value is -3.73. The van der Waals surface area contributed by atoms with Gasteiger partial charge >= 0.3 is 0 Å². The van der Waals surface area contributed by atoms with Crippen molar-refractivity contribution < 1.29 is 4.79 Å². The molecule has 0 unspecified atom stereocenters. The second-order valence-corrected chi connectivity index (χ2v) is 6.57. The predicted molar refractivity (Wildman–Crippen MR) is 109 cm³/mol. The zero-order valence-electron chi connectivity index (χ0n) is 15.1. The van der Waals surface area contributed by atoms with E-state index in [1.807, 2.05) is 60.7 Å². The summed E-state index contributed by atoms with van der Waals surface area (Å²) < 4.78 is 0. The highest BCUT2D eigenvalue weighted by molar-refractivity contribution is 6.04. The van der Waals surface area contributed by atoms with E-state index >= 15 is 0 Å². The van der Waals surface area contributed by atoms with E-state index in [0.29, 0.717) is 17.2 Å². The molecule has 3 aromatic carbocycles. The summed E-state index contributed by atoms with van der Waals surface area (Å²) in [5, 5.41) is 10.5. The highest BCUT2D eigenvalue weighted by Gasteiger charge is 2.19. The van der Waals surface area contributed by atoms with Crippen molar-refractivity contribution in [3.05, 3.63) is 112 Å². The molecule has 1 heterocycles. The number of hydrogen-bond donors (Lipinski definition) is 2. The summed E-state index contributed by atoms with van der Waals surface area (Å²) in [7, 11) is 0. The molecule has 0 fully saturated rings. The first-order valence-electron chi connectivity index (χ1n) is 9.09. The molecule has 4 rings (SSSR count). The number of carbonyl (C=O) groups is 1. The highest BCUT2D eigenvalue weighted by atomic mass is 16.2. The molecule has 2 N–H and O–H groups in total. The van der Waals surface area contributed by atoms with Gasteiger partial charge in [0, 0.05) is 5.39 Å². The SMILES string of the molecule is O=C(N[C@H](Cc1ccccc1)c1ccccc1)c1n[nH]c(=O)c2ccccc12. The molecule has 0 aliphatic carbocycles. The van der Waals surface area contributed by atoms with Crippen LogP contribution < -0.4 is 10.9 Å². The number of nitrogens with one attached hydrogen (secondary N) is 2. The minimum absolute atomic E-state index is 0.212. The Kier molecular flexibility index (Phi) is 4.97. The van der Waals surface area contributed by atoms with E-state index < -0.39 is 0 Å². The molecule has 5 heteroatoms.